The SMILES string of the molecule is CCCNCc1cnc(NC(C)(C)C)c2ccccc12. The van der Waals surface area contributed by atoms with Crippen LogP contribution in [0.1, 0.15) is 39.7 Å². The van der Waals surface area contributed by atoms with Crippen LogP contribution in [0, 0.1) is 0 Å². The Morgan fingerprint density at radius 1 is 1.10 bits per heavy atom. The smallest absolute Gasteiger partial charge is 0.134 e. The van der Waals surface area contributed by atoms with Crippen molar-refractivity contribution in [1.82, 2.24) is 10.3 Å². The standard InChI is InChI=1S/C17H25N3/c1-5-10-18-11-13-12-19-16(20-17(2,3)4)15-9-7-6-8-14(13)15/h6-9,12,18H,5,10-11H2,1-4H3,(H,19,20). The lowest BCUT2D eigenvalue weighted by atomic mass is 10.0. The first-order valence-electron chi connectivity index (χ1n) is 7.37. The quantitative estimate of drug-likeness (QED) is 0.809. The third-order valence-corrected chi connectivity index (χ3v) is 3.11. The molecule has 2 N–H and O–H groups in total. The van der Waals surface area contributed by atoms with Crippen LogP contribution in [0.4, 0.5) is 5.82 Å². The normalized spacial score (nSPS) is 11.8. The van der Waals surface area contributed by atoms with Crippen LogP contribution in [0.15, 0.2) is 30.5 Å². The number of anilines is 1. The van der Waals surface area contributed by atoms with E-state index >= 15 is 0 Å². The van der Waals surface area contributed by atoms with Crippen LogP contribution in [0.2, 0.25) is 0 Å². The Morgan fingerprint density at radius 3 is 2.45 bits per heavy atom. The lowest BCUT2D eigenvalue weighted by molar-refractivity contribution is 0.631. The van der Waals surface area contributed by atoms with Crippen molar-refractivity contribution in [2.24, 2.45) is 0 Å². The maximum Gasteiger partial charge on any atom is 0.134 e. The molecule has 0 fully saturated rings. The number of fused-ring (bicyclic) bond motifs is 1. The van der Waals surface area contributed by atoms with Crippen LogP contribution in [0.25, 0.3) is 10.8 Å². The molecule has 3 nitrogen and oxygen atoms in total. The molecule has 0 aliphatic heterocycles. The molecule has 0 saturated carbocycles. The summed E-state index contributed by atoms with van der Waals surface area (Å²) in [7, 11) is 0. The van der Waals surface area contributed by atoms with E-state index in [1.54, 1.807) is 0 Å². The second-order valence-electron chi connectivity index (χ2n) is 6.23. The zero-order valence-electron chi connectivity index (χ0n) is 13.0. The average Bonchev–Trinajstić information content (AvgIpc) is 2.40. The van der Waals surface area contributed by atoms with Crippen molar-refractivity contribution in [3.63, 3.8) is 0 Å². The molecule has 0 bridgehead atoms. The van der Waals surface area contributed by atoms with Gasteiger partial charge in [0, 0.05) is 23.7 Å². The van der Waals surface area contributed by atoms with Gasteiger partial charge in [-0.2, -0.15) is 0 Å². The summed E-state index contributed by atoms with van der Waals surface area (Å²) in [5.41, 5.74) is 1.27. The molecular formula is C17H25N3. The molecule has 1 heterocycles. The Bertz CT molecular complexity index is 570. The summed E-state index contributed by atoms with van der Waals surface area (Å²) in [6.45, 7) is 10.5. The van der Waals surface area contributed by atoms with Crippen molar-refractivity contribution in [1.29, 1.82) is 0 Å². The van der Waals surface area contributed by atoms with Gasteiger partial charge in [0.2, 0.25) is 0 Å². The van der Waals surface area contributed by atoms with E-state index in [9.17, 15) is 0 Å². The largest absolute Gasteiger partial charge is 0.365 e. The number of pyridine rings is 1. The molecule has 2 aromatic rings. The number of nitrogens with one attached hydrogen (secondary N) is 2. The van der Waals surface area contributed by atoms with E-state index in [4.69, 9.17) is 0 Å². The van der Waals surface area contributed by atoms with Crippen LogP contribution in [-0.4, -0.2) is 17.1 Å². The molecule has 2 rings (SSSR count). The lowest BCUT2D eigenvalue weighted by Gasteiger charge is -2.23. The fourth-order valence-corrected chi connectivity index (χ4v) is 2.25. The van der Waals surface area contributed by atoms with Gasteiger partial charge in [0.1, 0.15) is 5.82 Å². The zero-order chi connectivity index (χ0) is 14.6. The molecule has 108 valence electrons. The van der Waals surface area contributed by atoms with Crippen LogP contribution in [0.3, 0.4) is 0 Å². The Balaban J connectivity index is 2.36. The summed E-state index contributed by atoms with van der Waals surface area (Å²) >= 11 is 0. The molecule has 0 amide bonds. The molecule has 0 aliphatic rings. The second-order valence-corrected chi connectivity index (χ2v) is 6.23. The Kier molecular flexibility index (Phi) is 4.61. The highest BCUT2D eigenvalue weighted by Gasteiger charge is 2.13. The van der Waals surface area contributed by atoms with Crippen molar-refractivity contribution in [2.75, 3.05) is 11.9 Å². The van der Waals surface area contributed by atoms with E-state index in [1.807, 2.05) is 6.20 Å². The van der Waals surface area contributed by atoms with Crippen LogP contribution >= 0.6 is 0 Å². The molecule has 0 atom stereocenters. The van der Waals surface area contributed by atoms with Crippen molar-refractivity contribution in [3.8, 4) is 0 Å². The lowest BCUT2D eigenvalue weighted by Crippen LogP contribution is -2.27. The van der Waals surface area contributed by atoms with Crippen LogP contribution in [-0.2, 0) is 6.54 Å². The highest BCUT2D eigenvalue weighted by Crippen LogP contribution is 2.26. The fourth-order valence-electron chi connectivity index (χ4n) is 2.25. The third-order valence-electron chi connectivity index (χ3n) is 3.11. The van der Waals surface area contributed by atoms with E-state index in [-0.39, 0.29) is 5.54 Å². The van der Waals surface area contributed by atoms with Crippen LogP contribution < -0.4 is 10.6 Å². The molecule has 3 heteroatoms. The van der Waals surface area contributed by atoms with Gasteiger partial charge in [-0.1, -0.05) is 31.2 Å². The zero-order valence-corrected chi connectivity index (χ0v) is 13.0. The summed E-state index contributed by atoms with van der Waals surface area (Å²) < 4.78 is 0. The predicted molar refractivity (Wildman–Crippen MR) is 87.1 cm³/mol. The molecule has 0 spiro atoms. The molecular weight excluding hydrogens is 246 g/mol. The van der Waals surface area contributed by atoms with E-state index in [1.165, 1.54) is 16.3 Å². The maximum absolute atomic E-state index is 4.62. The summed E-state index contributed by atoms with van der Waals surface area (Å²) in [4.78, 5) is 4.62. The third kappa shape index (κ3) is 3.70. The van der Waals surface area contributed by atoms with Crippen LogP contribution in [0.5, 0.6) is 0 Å². The maximum atomic E-state index is 4.62. The summed E-state index contributed by atoms with van der Waals surface area (Å²) in [6, 6.07) is 8.47. The highest BCUT2D eigenvalue weighted by molar-refractivity contribution is 5.94. The molecule has 0 aliphatic carbocycles. The van der Waals surface area contributed by atoms with Gasteiger partial charge >= 0.3 is 0 Å². The second kappa shape index (κ2) is 6.23. The molecule has 20 heavy (non-hydrogen) atoms. The van der Waals surface area contributed by atoms with Gasteiger partial charge in [0.15, 0.2) is 0 Å². The minimum Gasteiger partial charge on any atom is -0.365 e. The van der Waals surface area contributed by atoms with Crippen molar-refractivity contribution < 1.29 is 0 Å². The summed E-state index contributed by atoms with van der Waals surface area (Å²) in [6.07, 6.45) is 3.13. The van der Waals surface area contributed by atoms with Crippen molar-refractivity contribution in [3.05, 3.63) is 36.0 Å². The predicted octanol–water partition coefficient (Wildman–Crippen LogP) is 3.94. The van der Waals surface area contributed by atoms with Gasteiger partial charge in [-0.25, -0.2) is 4.98 Å². The van der Waals surface area contributed by atoms with E-state index in [2.05, 4.69) is 67.6 Å². The number of aromatic nitrogens is 1. The number of benzene rings is 1. The Morgan fingerprint density at radius 2 is 1.80 bits per heavy atom. The molecule has 0 unspecified atom stereocenters. The Hall–Kier alpha value is -1.61. The van der Waals surface area contributed by atoms with Gasteiger partial charge in [0.25, 0.3) is 0 Å². The van der Waals surface area contributed by atoms with Gasteiger partial charge in [0.05, 0.1) is 0 Å². The summed E-state index contributed by atoms with van der Waals surface area (Å²) in [5.74, 6) is 0.965. The number of hydrogen-bond acceptors (Lipinski definition) is 3. The summed E-state index contributed by atoms with van der Waals surface area (Å²) in [5, 5.41) is 9.41. The van der Waals surface area contributed by atoms with Crippen molar-refractivity contribution >= 4 is 16.6 Å². The van der Waals surface area contributed by atoms with Gasteiger partial charge in [-0.15, -0.1) is 0 Å². The van der Waals surface area contributed by atoms with Gasteiger partial charge < -0.3 is 10.6 Å². The minimum atomic E-state index is 0.0117. The highest BCUT2D eigenvalue weighted by atomic mass is 15.0. The monoisotopic (exact) mass is 271 g/mol. The van der Waals surface area contributed by atoms with Gasteiger partial charge in [-0.05, 0) is 44.7 Å². The van der Waals surface area contributed by atoms with E-state index in [0.717, 1.165) is 25.3 Å². The Labute approximate surface area is 121 Å². The topological polar surface area (TPSA) is 37.0 Å². The minimum absolute atomic E-state index is 0.0117. The average molecular weight is 271 g/mol. The molecule has 0 radical (unpaired) electrons. The van der Waals surface area contributed by atoms with E-state index < -0.39 is 0 Å². The first-order chi connectivity index (χ1) is 9.51. The van der Waals surface area contributed by atoms with Crippen molar-refractivity contribution in [2.45, 2.75) is 46.2 Å². The molecule has 0 saturated heterocycles. The first kappa shape index (κ1) is 14.8. The molecule has 1 aromatic carbocycles. The van der Waals surface area contributed by atoms with Gasteiger partial charge in [-0.3, -0.25) is 0 Å². The first-order valence-corrected chi connectivity index (χ1v) is 7.37. The van der Waals surface area contributed by atoms with E-state index in [0.29, 0.717) is 0 Å². The molecule has 1 aromatic heterocycles. The number of nitrogens with zero attached hydrogens (tertiary/aromatic N) is 1. The number of rotatable bonds is 5. The number of hydrogen-bond donors (Lipinski definition) is 2. The fraction of sp³-hybridized carbons (Fsp3) is 0.471.